The zero-order valence-electron chi connectivity index (χ0n) is 22.7. The molecule has 0 aliphatic rings. The molecule has 4 aromatic carbocycles. The molecule has 0 amide bonds. The van der Waals surface area contributed by atoms with Gasteiger partial charge in [-0.3, -0.25) is 0 Å². The third-order valence-corrected chi connectivity index (χ3v) is 8.27. The second-order valence-electron chi connectivity index (χ2n) is 9.29. The summed E-state index contributed by atoms with van der Waals surface area (Å²) < 4.78 is 23.6. The van der Waals surface area contributed by atoms with Gasteiger partial charge in [-0.25, -0.2) is 0 Å². The molecule has 5 rings (SSSR count). The second-order valence-corrected chi connectivity index (χ2v) is 10.3. The summed E-state index contributed by atoms with van der Waals surface area (Å²) in [7, 11) is 3.34. The van der Waals surface area contributed by atoms with E-state index in [9.17, 15) is 0 Å². The molecule has 0 unspecified atom stereocenters. The topological polar surface area (TPSA) is 36.9 Å². The first-order valence-electron chi connectivity index (χ1n) is 12.9. The summed E-state index contributed by atoms with van der Waals surface area (Å²) in [6.07, 6.45) is 0. The average molecular weight is 537 g/mol. The highest BCUT2D eigenvalue weighted by Gasteiger charge is 2.18. The average Bonchev–Trinajstić information content (AvgIpc) is 3.29. The molecule has 0 fully saturated rings. The van der Waals surface area contributed by atoms with Crippen molar-refractivity contribution in [3.05, 3.63) is 119 Å². The van der Waals surface area contributed by atoms with Crippen molar-refractivity contribution in [2.45, 2.75) is 27.1 Å². The smallest absolute Gasteiger partial charge is 0.162 e. The normalized spacial score (nSPS) is 10.8. The molecule has 0 radical (unpaired) electrons. The summed E-state index contributed by atoms with van der Waals surface area (Å²) in [5, 5.41) is 0. The van der Waals surface area contributed by atoms with Crippen molar-refractivity contribution >= 4 is 11.3 Å². The fraction of sp³-hybridized carbons (Fsp3) is 0.176. The first-order chi connectivity index (χ1) is 19.1. The maximum absolute atomic E-state index is 6.19. The third-order valence-electron chi connectivity index (χ3n) is 6.77. The molecule has 5 heteroatoms. The molecule has 0 atom stereocenters. The van der Waals surface area contributed by atoms with Gasteiger partial charge in [0.25, 0.3) is 0 Å². The fourth-order valence-electron chi connectivity index (χ4n) is 4.48. The Morgan fingerprint density at radius 3 is 1.31 bits per heavy atom. The standard InChI is InChI=1S/C34H32O4S/c1-23-24(2)34(28-16-18-30(36-4)32(20-28)38-22-26-13-9-6-10-14-26)39-33(23)27-15-17-29(35-3)31(19-27)37-21-25-11-7-5-8-12-25/h5-20H,21-22H2,1-4H3. The maximum atomic E-state index is 6.19. The van der Waals surface area contributed by atoms with Crippen LogP contribution < -0.4 is 18.9 Å². The van der Waals surface area contributed by atoms with Gasteiger partial charge in [-0.1, -0.05) is 60.7 Å². The number of hydrogen-bond donors (Lipinski definition) is 0. The number of rotatable bonds is 10. The van der Waals surface area contributed by atoms with Gasteiger partial charge < -0.3 is 18.9 Å². The Hall–Kier alpha value is -4.22. The highest BCUT2D eigenvalue weighted by Crippen LogP contribution is 2.45. The summed E-state index contributed by atoms with van der Waals surface area (Å²) in [5.41, 5.74) is 6.92. The first-order valence-corrected chi connectivity index (χ1v) is 13.7. The van der Waals surface area contributed by atoms with Crippen LogP contribution in [-0.4, -0.2) is 14.2 Å². The fourth-order valence-corrected chi connectivity index (χ4v) is 5.78. The summed E-state index contributed by atoms with van der Waals surface area (Å²) >= 11 is 1.77. The van der Waals surface area contributed by atoms with E-state index in [1.807, 2.05) is 48.5 Å². The molecule has 0 N–H and O–H groups in total. The highest BCUT2D eigenvalue weighted by atomic mass is 32.1. The monoisotopic (exact) mass is 536 g/mol. The Kier molecular flexibility index (Phi) is 8.18. The van der Waals surface area contributed by atoms with Gasteiger partial charge in [-0.05, 0) is 83.6 Å². The van der Waals surface area contributed by atoms with Gasteiger partial charge >= 0.3 is 0 Å². The number of ether oxygens (including phenoxy) is 4. The molecule has 198 valence electrons. The van der Waals surface area contributed by atoms with Gasteiger partial charge in [0.05, 0.1) is 14.2 Å². The predicted octanol–water partition coefficient (Wildman–Crippen LogP) is 8.87. The van der Waals surface area contributed by atoms with Gasteiger partial charge in [0, 0.05) is 9.75 Å². The molecule has 1 heterocycles. The molecule has 0 spiro atoms. The second kappa shape index (κ2) is 12.1. The van der Waals surface area contributed by atoms with E-state index in [1.54, 1.807) is 25.6 Å². The van der Waals surface area contributed by atoms with Crippen molar-refractivity contribution in [1.82, 2.24) is 0 Å². The minimum absolute atomic E-state index is 0.478. The van der Waals surface area contributed by atoms with E-state index in [1.165, 1.54) is 20.9 Å². The number of benzene rings is 4. The molecule has 0 bridgehead atoms. The molecule has 39 heavy (non-hydrogen) atoms. The van der Waals surface area contributed by atoms with Crippen LogP contribution in [0, 0.1) is 13.8 Å². The van der Waals surface area contributed by atoms with E-state index in [-0.39, 0.29) is 0 Å². The van der Waals surface area contributed by atoms with Crippen molar-refractivity contribution in [3.8, 4) is 43.9 Å². The van der Waals surface area contributed by atoms with Crippen LogP contribution in [0.1, 0.15) is 22.3 Å². The van der Waals surface area contributed by atoms with Crippen LogP contribution in [-0.2, 0) is 13.2 Å². The van der Waals surface area contributed by atoms with E-state index in [2.05, 4.69) is 62.4 Å². The van der Waals surface area contributed by atoms with Crippen LogP contribution in [0.3, 0.4) is 0 Å². The quantitative estimate of drug-likeness (QED) is 0.179. The van der Waals surface area contributed by atoms with Crippen LogP contribution >= 0.6 is 11.3 Å². The van der Waals surface area contributed by atoms with Crippen molar-refractivity contribution in [2.75, 3.05) is 14.2 Å². The lowest BCUT2D eigenvalue weighted by Gasteiger charge is -2.13. The summed E-state index contributed by atoms with van der Waals surface area (Å²) in [4.78, 5) is 2.41. The summed E-state index contributed by atoms with van der Waals surface area (Å²) in [6, 6.07) is 32.6. The van der Waals surface area contributed by atoms with E-state index in [0.29, 0.717) is 13.2 Å². The molecule has 5 aromatic rings. The van der Waals surface area contributed by atoms with Crippen molar-refractivity contribution < 1.29 is 18.9 Å². The zero-order chi connectivity index (χ0) is 27.2. The van der Waals surface area contributed by atoms with E-state index in [0.717, 1.165) is 45.3 Å². The van der Waals surface area contributed by atoms with Crippen LogP contribution in [0.2, 0.25) is 0 Å². The van der Waals surface area contributed by atoms with E-state index in [4.69, 9.17) is 18.9 Å². The van der Waals surface area contributed by atoms with Gasteiger partial charge in [0.1, 0.15) is 13.2 Å². The van der Waals surface area contributed by atoms with Crippen molar-refractivity contribution in [2.24, 2.45) is 0 Å². The Labute approximate surface area is 234 Å². The Morgan fingerprint density at radius 2 is 0.923 bits per heavy atom. The number of hydrogen-bond acceptors (Lipinski definition) is 5. The molecule has 0 saturated heterocycles. The lowest BCUT2D eigenvalue weighted by Crippen LogP contribution is -1.97. The predicted molar refractivity (Wildman–Crippen MR) is 159 cm³/mol. The van der Waals surface area contributed by atoms with Crippen LogP contribution in [0.15, 0.2) is 97.1 Å². The molecular weight excluding hydrogens is 504 g/mol. The first kappa shape index (κ1) is 26.4. The van der Waals surface area contributed by atoms with Crippen LogP contribution in [0.4, 0.5) is 0 Å². The Morgan fingerprint density at radius 1 is 0.513 bits per heavy atom. The van der Waals surface area contributed by atoms with Crippen molar-refractivity contribution in [1.29, 1.82) is 0 Å². The minimum Gasteiger partial charge on any atom is -0.493 e. The molecule has 0 saturated carbocycles. The van der Waals surface area contributed by atoms with Gasteiger partial charge in [-0.2, -0.15) is 0 Å². The summed E-state index contributed by atoms with van der Waals surface area (Å²) in [6.45, 7) is 5.31. The van der Waals surface area contributed by atoms with Gasteiger partial charge in [-0.15, -0.1) is 11.3 Å². The molecule has 4 nitrogen and oxygen atoms in total. The van der Waals surface area contributed by atoms with E-state index >= 15 is 0 Å². The molecular formula is C34H32O4S. The summed E-state index contributed by atoms with van der Waals surface area (Å²) in [5.74, 6) is 2.89. The lowest BCUT2D eigenvalue weighted by atomic mass is 10.0. The number of thiophene rings is 1. The Bertz CT molecular complexity index is 1430. The highest BCUT2D eigenvalue weighted by molar-refractivity contribution is 7.19. The Balaban J connectivity index is 1.44. The molecule has 0 aliphatic carbocycles. The minimum atomic E-state index is 0.478. The SMILES string of the molecule is COc1ccc(-c2sc(-c3ccc(OC)c(OCc4ccccc4)c3)c(C)c2C)cc1OCc1ccccc1. The van der Waals surface area contributed by atoms with E-state index < -0.39 is 0 Å². The maximum Gasteiger partial charge on any atom is 0.162 e. The largest absolute Gasteiger partial charge is 0.493 e. The zero-order valence-corrected chi connectivity index (χ0v) is 23.5. The van der Waals surface area contributed by atoms with Crippen LogP contribution in [0.25, 0.3) is 20.9 Å². The third kappa shape index (κ3) is 5.94. The van der Waals surface area contributed by atoms with Gasteiger partial charge in [0.2, 0.25) is 0 Å². The van der Waals surface area contributed by atoms with Crippen molar-refractivity contribution in [3.63, 3.8) is 0 Å². The molecule has 1 aromatic heterocycles. The molecule has 0 aliphatic heterocycles. The van der Waals surface area contributed by atoms with Crippen LogP contribution in [0.5, 0.6) is 23.0 Å². The number of methoxy groups -OCH3 is 2. The van der Waals surface area contributed by atoms with Gasteiger partial charge in [0.15, 0.2) is 23.0 Å². The lowest BCUT2D eigenvalue weighted by molar-refractivity contribution is 0.284.